The van der Waals surface area contributed by atoms with Gasteiger partial charge in [-0.15, -0.1) is 10.2 Å². The maximum Gasteiger partial charge on any atom is 0.258 e. The second kappa shape index (κ2) is 9.31. The van der Waals surface area contributed by atoms with Crippen molar-refractivity contribution in [1.29, 1.82) is 0 Å². The Morgan fingerprint density at radius 1 is 1.19 bits per heavy atom. The van der Waals surface area contributed by atoms with Crippen molar-refractivity contribution in [2.75, 3.05) is 18.4 Å². The van der Waals surface area contributed by atoms with Crippen molar-refractivity contribution in [2.24, 2.45) is 0 Å². The summed E-state index contributed by atoms with van der Waals surface area (Å²) in [6.45, 7) is 7.87. The maximum atomic E-state index is 12.7. The molecule has 0 saturated heterocycles. The maximum absolute atomic E-state index is 12.7. The molecule has 1 heterocycles. The van der Waals surface area contributed by atoms with Crippen LogP contribution in [0.15, 0.2) is 47.3 Å². The van der Waals surface area contributed by atoms with E-state index in [1.54, 1.807) is 0 Å². The van der Waals surface area contributed by atoms with Crippen LogP contribution in [0.1, 0.15) is 25.8 Å². The summed E-state index contributed by atoms with van der Waals surface area (Å²) in [5, 5.41) is 6.79. The van der Waals surface area contributed by atoms with E-state index < -0.39 is 10.2 Å². The Bertz CT molecular complexity index is 1000. The molecule has 1 unspecified atom stereocenters. The van der Waals surface area contributed by atoms with Gasteiger partial charge in [-0.05, 0) is 37.6 Å². The first-order chi connectivity index (χ1) is 14.6. The normalized spacial score (nSPS) is 19.2. The van der Waals surface area contributed by atoms with Crippen LogP contribution in [0.5, 0.6) is 5.75 Å². The predicted octanol–water partition coefficient (Wildman–Crippen LogP) is -3.08. The summed E-state index contributed by atoms with van der Waals surface area (Å²) in [6, 6.07) is 4.07. The number of allylic oxidation sites excluding steroid dienone is 2. The van der Waals surface area contributed by atoms with Gasteiger partial charge in [-0.1, -0.05) is 19.1 Å². The fraction of sp³-hybridized carbons (Fsp3) is 0.333. The smallest absolute Gasteiger partial charge is 0.258 e. The molecule has 1 aliphatic heterocycles. The molecule has 3 N–H and O–H groups in total. The number of anilines is 1. The number of Topliss-reactive ketones (excluding diaryl/α,β-unsaturated/α-hetero) is 1. The summed E-state index contributed by atoms with van der Waals surface area (Å²) in [7, 11) is -4.94. The molecule has 1 aromatic rings. The van der Waals surface area contributed by atoms with Crippen molar-refractivity contribution in [2.45, 2.75) is 33.2 Å². The lowest BCUT2D eigenvalue weighted by atomic mass is 9.83. The number of nitrogens with one attached hydrogen (secondary N) is 3. The average Bonchev–Trinajstić information content (AvgIpc) is 2.67. The Kier molecular flexibility index (Phi) is 6.95. The van der Waals surface area contributed by atoms with Crippen molar-refractivity contribution >= 4 is 22.9 Å². The zero-order valence-corrected chi connectivity index (χ0v) is 18.2. The van der Waals surface area contributed by atoms with Gasteiger partial charge in [0.05, 0.1) is 11.6 Å². The van der Waals surface area contributed by atoms with E-state index in [-0.39, 0.29) is 11.8 Å². The lowest BCUT2D eigenvalue weighted by molar-refractivity contribution is -2.00. The standard InChI is InChI=1S/C21H23N3O2.ClHO4/c1-4-22-14-10-18-16(9-12(14)3)24-21-19(26-18)11-15(23-5-2)13-7-6-8-17(25)20(13)21;2-1(3,4)5/h6-7,9-11,15,22-23H,4-5,8H2,1-3H3;(H,2,3,4,5). The number of likely N-dealkylation sites (N-methyl/N-ethyl adjacent to an activating group) is 1. The van der Waals surface area contributed by atoms with E-state index in [9.17, 15) is 4.79 Å². The van der Waals surface area contributed by atoms with E-state index in [0.29, 0.717) is 6.42 Å². The molecule has 0 bridgehead atoms. The fourth-order valence-electron chi connectivity index (χ4n) is 3.73. The summed E-state index contributed by atoms with van der Waals surface area (Å²) in [5.41, 5.74) is 5.64. The fourth-order valence-corrected chi connectivity index (χ4v) is 3.73. The minimum absolute atomic E-state index is 0.0173. The van der Waals surface area contributed by atoms with Crippen LogP contribution in [0.4, 0.5) is 11.4 Å². The number of benzene rings is 1. The van der Waals surface area contributed by atoms with Gasteiger partial charge in [-0.2, -0.15) is 4.99 Å². The number of rotatable bonds is 4. The molecule has 0 radical (unpaired) electrons. The number of carbonyl (C=O) groups excluding carboxylic acids is 1. The largest absolute Gasteiger partial charge is 0.444 e. The quantitative estimate of drug-likeness (QED) is 0.436. The Labute approximate surface area is 182 Å². The van der Waals surface area contributed by atoms with Gasteiger partial charge in [-0.25, -0.2) is 18.6 Å². The molecule has 1 atom stereocenters. The number of hydrogen-bond acceptors (Lipinski definition) is 8. The lowest BCUT2D eigenvalue weighted by Gasteiger charge is -2.28. The average molecular weight is 450 g/mol. The molecule has 0 aromatic heterocycles. The predicted molar refractivity (Wildman–Crippen MR) is 103 cm³/mol. The van der Waals surface area contributed by atoms with Gasteiger partial charge in [-0.3, -0.25) is 4.79 Å². The highest BCUT2D eigenvalue weighted by Crippen LogP contribution is 2.35. The molecule has 0 amide bonds. The number of ketones is 1. The first-order valence-corrected chi connectivity index (χ1v) is 11.1. The molecule has 1 aromatic carbocycles. The third kappa shape index (κ3) is 5.40. The molecule has 4 rings (SSSR count). The highest BCUT2D eigenvalue weighted by molar-refractivity contribution is 6.28. The van der Waals surface area contributed by atoms with Gasteiger partial charge in [0.2, 0.25) is 11.4 Å². The van der Waals surface area contributed by atoms with Crippen molar-refractivity contribution in [3.8, 4) is 5.75 Å². The third-order valence-electron chi connectivity index (χ3n) is 4.92. The second-order valence-corrected chi connectivity index (χ2v) is 7.86. The Hall–Kier alpha value is -2.53. The van der Waals surface area contributed by atoms with Gasteiger partial charge >= 0.3 is 0 Å². The molecule has 0 fully saturated rings. The highest BCUT2D eigenvalue weighted by Gasteiger charge is 2.39. The molecule has 166 valence electrons. The van der Waals surface area contributed by atoms with Crippen LogP contribution >= 0.6 is 0 Å². The Balaban J connectivity index is 0.000000491. The van der Waals surface area contributed by atoms with Crippen LogP contribution in [0, 0.1) is 17.2 Å². The molecule has 9 nitrogen and oxygen atoms in total. The minimum atomic E-state index is -4.94. The zero-order chi connectivity index (χ0) is 22.8. The van der Waals surface area contributed by atoms with E-state index in [4.69, 9.17) is 23.4 Å². The third-order valence-corrected chi connectivity index (χ3v) is 4.92. The topological polar surface area (TPSA) is 157 Å². The molecule has 10 heteroatoms. The van der Waals surface area contributed by atoms with Crippen LogP contribution in [0.3, 0.4) is 0 Å². The highest BCUT2D eigenvalue weighted by atomic mass is 35.7. The van der Waals surface area contributed by atoms with E-state index in [0.717, 1.165) is 58.4 Å². The monoisotopic (exact) mass is 449 g/mol. The van der Waals surface area contributed by atoms with E-state index in [2.05, 4.69) is 54.6 Å². The van der Waals surface area contributed by atoms with E-state index in [1.165, 1.54) is 0 Å². The molecule has 2 aliphatic carbocycles. The molecular weight excluding hydrogens is 426 g/mol. The summed E-state index contributed by atoms with van der Waals surface area (Å²) in [4.78, 5) is 16.1. The van der Waals surface area contributed by atoms with E-state index in [1.807, 2.05) is 12.1 Å². The van der Waals surface area contributed by atoms with Gasteiger partial charge in [0.1, 0.15) is 0 Å². The van der Waals surface area contributed by atoms with Gasteiger partial charge in [0.25, 0.3) is 5.71 Å². The number of halogens is 1. The van der Waals surface area contributed by atoms with Crippen molar-refractivity contribution in [3.63, 3.8) is 0 Å². The van der Waals surface area contributed by atoms with Gasteiger partial charge < -0.3 is 15.4 Å². The van der Waals surface area contributed by atoms with Crippen LogP contribution in [-0.2, 0) is 4.79 Å². The molecule has 0 spiro atoms. The summed E-state index contributed by atoms with van der Waals surface area (Å²) in [5.74, 6) is 1.63. The summed E-state index contributed by atoms with van der Waals surface area (Å²) >= 11 is 0. The van der Waals surface area contributed by atoms with Crippen molar-refractivity contribution < 1.29 is 43.4 Å². The first kappa shape index (κ1) is 23.1. The summed E-state index contributed by atoms with van der Waals surface area (Å²) in [6.07, 6.45) is 6.49. The zero-order valence-electron chi connectivity index (χ0n) is 17.4. The van der Waals surface area contributed by atoms with Gasteiger partial charge in [0, 0.05) is 30.8 Å². The number of ether oxygens (including phenoxy) is 1. The lowest BCUT2D eigenvalue weighted by Crippen LogP contribution is -2.71. The van der Waals surface area contributed by atoms with Crippen LogP contribution in [0.2, 0.25) is 0 Å². The second-order valence-electron chi connectivity index (χ2n) is 7.10. The Morgan fingerprint density at radius 3 is 2.55 bits per heavy atom. The number of fused-ring (bicyclic) bond motifs is 3. The number of carbonyl (C=O) groups is 1. The minimum Gasteiger partial charge on any atom is -0.444 e. The van der Waals surface area contributed by atoms with Crippen molar-refractivity contribution in [3.05, 3.63) is 52.8 Å². The van der Waals surface area contributed by atoms with Crippen LogP contribution < -0.4 is 39.0 Å². The summed E-state index contributed by atoms with van der Waals surface area (Å²) < 4.78 is 40.2. The van der Waals surface area contributed by atoms with Crippen LogP contribution in [0.25, 0.3) is 0 Å². The SMILES string of the molecule is CCNc1cc2c(cc1C)[NH+]=C1C(=CC(NCC)C3=C1C(=O)CC=C3)O2.[O-][Cl+3]([O-])([O-])[O-]. The molecule has 0 saturated carbocycles. The first-order valence-electron chi connectivity index (χ1n) is 9.84. The van der Waals surface area contributed by atoms with Gasteiger partial charge in [0.15, 0.2) is 11.5 Å². The van der Waals surface area contributed by atoms with Crippen LogP contribution in [-0.4, -0.2) is 30.6 Å². The molecular formula is C21H24ClN3O6. The number of hydrogen-bond donors (Lipinski definition) is 3. The Morgan fingerprint density at radius 2 is 1.90 bits per heavy atom. The molecule has 3 aliphatic rings. The van der Waals surface area contributed by atoms with Crippen molar-refractivity contribution in [1.82, 2.24) is 5.32 Å². The van der Waals surface area contributed by atoms with E-state index >= 15 is 0 Å². The number of aryl methyl sites for hydroxylation is 1. The molecule has 31 heavy (non-hydrogen) atoms.